The van der Waals surface area contributed by atoms with Crippen molar-refractivity contribution in [1.29, 1.82) is 0 Å². The van der Waals surface area contributed by atoms with Crippen molar-refractivity contribution in [3.8, 4) is 0 Å². The predicted octanol–water partition coefficient (Wildman–Crippen LogP) is -0.466. The second-order valence-electron chi connectivity index (χ2n) is 0.744. The highest BCUT2D eigenvalue weighted by Crippen LogP contribution is 1.54. The summed E-state index contributed by atoms with van der Waals surface area (Å²) in [5.74, 6) is 0. The van der Waals surface area contributed by atoms with Gasteiger partial charge in [-0.3, -0.25) is 0 Å². The maximum absolute atomic E-state index is 9.32. The average Bonchev–Trinajstić information content (AvgIpc) is 1.41. The molecule has 0 saturated heterocycles. The van der Waals surface area contributed by atoms with Gasteiger partial charge in [-0.2, -0.15) is 0 Å². The third-order valence-corrected chi connectivity index (χ3v) is 0.285. The lowest BCUT2D eigenvalue weighted by molar-refractivity contribution is -0.107. The first-order valence-electron chi connectivity index (χ1n) is 1.55. The number of rotatable bonds is 2. The van der Waals surface area contributed by atoms with Crippen molar-refractivity contribution in [1.82, 2.24) is 0 Å². The van der Waals surface area contributed by atoms with Gasteiger partial charge in [-0.1, -0.05) is 0 Å². The van der Waals surface area contributed by atoms with Crippen LogP contribution in [0.1, 0.15) is 6.42 Å². The second-order valence-corrected chi connectivity index (χ2v) is 0.744. The highest BCUT2D eigenvalue weighted by molar-refractivity contribution is 5.49. The Morgan fingerprint density at radius 2 is 2.40 bits per heavy atom. The number of carbonyl (C=O) groups excluding carboxylic acids is 1. The molecular formula is C3H7NO. The number of carbonyl (C=O) groups is 1. The van der Waals surface area contributed by atoms with Crippen LogP contribution in [0.2, 0.25) is 0 Å². The molecule has 0 rings (SSSR count). The molecule has 0 saturated carbocycles. The van der Waals surface area contributed by atoms with E-state index in [1.165, 1.54) is 0 Å². The van der Waals surface area contributed by atoms with Gasteiger partial charge in [0.15, 0.2) is 0 Å². The first-order valence-corrected chi connectivity index (χ1v) is 1.55. The molecule has 2 nitrogen and oxygen atoms in total. The lowest BCUT2D eigenvalue weighted by Gasteiger charge is -1.70. The molecule has 0 fully saturated rings. The molecule has 30 valence electrons. The van der Waals surface area contributed by atoms with Gasteiger partial charge >= 0.3 is 0 Å². The van der Waals surface area contributed by atoms with Crippen molar-refractivity contribution < 1.29 is 4.79 Å². The van der Waals surface area contributed by atoms with E-state index >= 15 is 0 Å². The fourth-order valence-electron chi connectivity index (χ4n) is 0.0680. The van der Waals surface area contributed by atoms with Crippen LogP contribution < -0.4 is 5.73 Å². The van der Waals surface area contributed by atoms with Crippen molar-refractivity contribution in [3.63, 3.8) is 0 Å². The Balaban J connectivity index is 2.40. The van der Waals surface area contributed by atoms with Crippen molar-refractivity contribution >= 4 is 6.29 Å². The summed E-state index contributed by atoms with van der Waals surface area (Å²) in [7, 11) is 0. The predicted molar refractivity (Wildman–Crippen MR) is 19.7 cm³/mol. The summed E-state index contributed by atoms with van der Waals surface area (Å²) in [5.41, 5.74) is 4.91. The number of nitrogens with two attached hydrogens (primary N) is 1. The third-order valence-electron chi connectivity index (χ3n) is 0.285. The minimum Gasteiger partial charge on any atom is -0.330 e. The van der Waals surface area contributed by atoms with E-state index < -0.39 is 0 Å². The summed E-state index contributed by atoms with van der Waals surface area (Å²) in [6.45, 7) is 0.476. The van der Waals surface area contributed by atoms with Gasteiger partial charge in [-0.15, -0.1) is 0 Å². The normalized spacial score (nSPS) is 7.40. The van der Waals surface area contributed by atoms with E-state index in [0.717, 1.165) is 6.29 Å². The van der Waals surface area contributed by atoms with Crippen LogP contribution in [0.4, 0.5) is 0 Å². The standard InChI is InChI=1S/C3H7NO/c4-2-1-3-5/h3H,1-2,4H2/i3+2. The van der Waals surface area contributed by atoms with Crippen LogP contribution in [-0.2, 0) is 4.79 Å². The van der Waals surface area contributed by atoms with E-state index in [9.17, 15) is 4.79 Å². The first kappa shape index (κ1) is 4.63. The molecule has 0 aromatic carbocycles. The molecule has 0 bridgehead atoms. The molecular weight excluding hydrogens is 68.0 g/mol. The second kappa shape index (κ2) is 3.63. The van der Waals surface area contributed by atoms with Gasteiger partial charge in [0.2, 0.25) is 0 Å². The molecule has 5 heavy (non-hydrogen) atoms. The maximum Gasteiger partial charge on any atom is 0.121 e. The van der Waals surface area contributed by atoms with Crippen LogP contribution in [0.25, 0.3) is 0 Å². The van der Waals surface area contributed by atoms with Gasteiger partial charge in [-0.25, -0.2) is 0 Å². The Labute approximate surface area is 31.0 Å². The molecule has 0 aromatic heterocycles. The van der Waals surface area contributed by atoms with Crippen LogP contribution in [0.5, 0.6) is 0 Å². The molecule has 0 heterocycles. The number of hydrogen-bond acceptors (Lipinski definition) is 2. The minimum atomic E-state index is 0.476. The zero-order valence-electron chi connectivity index (χ0n) is 2.98. The van der Waals surface area contributed by atoms with Crippen LogP contribution in [-0.4, -0.2) is 12.8 Å². The summed E-state index contributed by atoms with van der Waals surface area (Å²) < 4.78 is 0. The van der Waals surface area contributed by atoms with Crippen molar-refractivity contribution in [2.75, 3.05) is 6.54 Å². The largest absolute Gasteiger partial charge is 0.330 e. The van der Waals surface area contributed by atoms with Crippen LogP contribution in [0.15, 0.2) is 0 Å². The van der Waals surface area contributed by atoms with E-state index in [2.05, 4.69) is 0 Å². The molecule has 2 heteroatoms. The van der Waals surface area contributed by atoms with Gasteiger partial charge in [0, 0.05) is 6.42 Å². The van der Waals surface area contributed by atoms with E-state index in [0.29, 0.717) is 13.0 Å². The van der Waals surface area contributed by atoms with Gasteiger partial charge in [0.05, 0.1) is 0 Å². The molecule has 0 aliphatic rings. The number of hydrogen-bond donors (Lipinski definition) is 1. The van der Waals surface area contributed by atoms with Crippen LogP contribution in [0.3, 0.4) is 0 Å². The Bertz CT molecular complexity index is 28.1. The third kappa shape index (κ3) is 3.63. The van der Waals surface area contributed by atoms with E-state index in [4.69, 9.17) is 5.73 Å². The summed E-state index contributed by atoms with van der Waals surface area (Å²) in [6, 6.07) is 0. The molecule has 0 amide bonds. The lowest BCUT2D eigenvalue weighted by Crippen LogP contribution is -1.97. The smallest absolute Gasteiger partial charge is 0.121 e. The topological polar surface area (TPSA) is 43.1 Å². The fraction of sp³-hybridized carbons (Fsp3) is 0.667. The zero-order chi connectivity index (χ0) is 4.12. The van der Waals surface area contributed by atoms with Crippen molar-refractivity contribution in [3.05, 3.63) is 0 Å². The maximum atomic E-state index is 9.32. The van der Waals surface area contributed by atoms with Crippen molar-refractivity contribution in [2.45, 2.75) is 6.42 Å². The van der Waals surface area contributed by atoms with Gasteiger partial charge in [0.1, 0.15) is 6.29 Å². The van der Waals surface area contributed by atoms with Gasteiger partial charge in [0.25, 0.3) is 0 Å². The fourth-order valence-corrected chi connectivity index (χ4v) is 0.0680. The molecule has 0 unspecified atom stereocenters. The van der Waals surface area contributed by atoms with E-state index in [1.54, 1.807) is 0 Å². The first-order chi connectivity index (χ1) is 2.41. The lowest BCUT2D eigenvalue weighted by atomic mass is 10.7. The highest BCUT2D eigenvalue weighted by atomic mass is 16.2. The summed E-state index contributed by atoms with van der Waals surface area (Å²) in [6.07, 6.45) is 1.29. The monoisotopic (exact) mass is 75.1 g/mol. The van der Waals surface area contributed by atoms with Crippen LogP contribution >= 0.6 is 0 Å². The Hall–Kier alpha value is -0.370. The summed E-state index contributed by atoms with van der Waals surface area (Å²) in [5, 5.41) is 0. The summed E-state index contributed by atoms with van der Waals surface area (Å²) in [4.78, 5) is 9.32. The summed E-state index contributed by atoms with van der Waals surface area (Å²) >= 11 is 0. The van der Waals surface area contributed by atoms with Crippen LogP contribution in [0, 0.1) is 0 Å². The quantitative estimate of drug-likeness (QED) is 0.451. The molecule has 0 radical (unpaired) electrons. The molecule has 2 N–H and O–H groups in total. The van der Waals surface area contributed by atoms with Gasteiger partial charge < -0.3 is 10.5 Å². The van der Waals surface area contributed by atoms with Gasteiger partial charge in [-0.05, 0) is 6.54 Å². The SMILES string of the molecule is NCC[14CH]=O. The number of aldehydes is 1. The van der Waals surface area contributed by atoms with E-state index in [1.807, 2.05) is 0 Å². The van der Waals surface area contributed by atoms with Crippen molar-refractivity contribution in [2.24, 2.45) is 5.73 Å². The Morgan fingerprint density at radius 3 is 2.40 bits per heavy atom. The highest BCUT2D eigenvalue weighted by Gasteiger charge is 1.66. The van der Waals surface area contributed by atoms with E-state index in [-0.39, 0.29) is 0 Å². The molecule has 0 spiro atoms. The molecule has 0 atom stereocenters. The zero-order valence-corrected chi connectivity index (χ0v) is 2.98. The molecule has 0 aliphatic carbocycles. The molecule has 0 aromatic rings. The molecule has 0 aliphatic heterocycles. The minimum absolute atomic E-state index is 0.476. The Morgan fingerprint density at radius 1 is 1.80 bits per heavy atom. The average molecular weight is 75.1 g/mol. The Kier molecular flexibility index (Phi) is 3.36.